The van der Waals surface area contributed by atoms with Gasteiger partial charge in [-0.25, -0.2) is 4.79 Å². The van der Waals surface area contributed by atoms with E-state index in [1.54, 1.807) is 18.2 Å². The van der Waals surface area contributed by atoms with Crippen LogP contribution in [-0.2, 0) is 9.53 Å². The van der Waals surface area contributed by atoms with E-state index in [9.17, 15) is 9.59 Å². The van der Waals surface area contributed by atoms with Gasteiger partial charge in [-0.2, -0.15) is 0 Å². The molecule has 1 aromatic heterocycles. The summed E-state index contributed by atoms with van der Waals surface area (Å²) < 4.78 is 6.57. The van der Waals surface area contributed by atoms with E-state index in [1.807, 2.05) is 29.1 Å². The molecule has 1 amide bonds. The van der Waals surface area contributed by atoms with Crippen molar-refractivity contribution in [2.45, 2.75) is 0 Å². The Balaban J connectivity index is 2.44. The minimum Gasteiger partial charge on any atom is -0.465 e. The number of alkyl halides is 1. The Kier molecular flexibility index (Phi) is 4.57. The summed E-state index contributed by atoms with van der Waals surface area (Å²) in [4.78, 5) is 23.1. The summed E-state index contributed by atoms with van der Waals surface area (Å²) in [7, 11) is 1.32. The smallest absolute Gasteiger partial charge is 0.337 e. The third-order valence-electron chi connectivity index (χ3n) is 2.65. The van der Waals surface area contributed by atoms with Crippen molar-refractivity contribution in [1.29, 1.82) is 0 Å². The lowest BCUT2D eigenvalue weighted by atomic mass is 10.1. The summed E-state index contributed by atoms with van der Waals surface area (Å²) >= 11 is 3.08. The van der Waals surface area contributed by atoms with Crippen LogP contribution in [0.3, 0.4) is 0 Å². The molecule has 0 saturated carbocycles. The molecule has 0 spiro atoms. The Morgan fingerprint density at radius 2 is 1.95 bits per heavy atom. The van der Waals surface area contributed by atoms with Crippen molar-refractivity contribution in [1.82, 2.24) is 4.57 Å². The molecule has 0 aliphatic carbocycles. The Morgan fingerprint density at radius 1 is 1.25 bits per heavy atom. The summed E-state index contributed by atoms with van der Waals surface area (Å²) in [6.07, 6.45) is 3.71. The summed E-state index contributed by atoms with van der Waals surface area (Å²) in [5.41, 5.74) is 1.69. The quantitative estimate of drug-likeness (QED) is 0.689. The molecular weight excluding hydrogens is 324 g/mol. The fraction of sp³-hybridized carbons (Fsp3) is 0.143. The van der Waals surface area contributed by atoms with Crippen molar-refractivity contribution < 1.29 is 14.3 Å². The molecule has 0 fully saturated rings. The number of hydrogen-bond acceptors (Lipinski definition) is 3. The zero-order chi connectivity index (χ0) is 14.5. The van der Waals surface area contributed by atoms with Crippen LogP contribution in [0.15, 0.2) is 42.7 Å². The number of aromatic nitrogens is 1. The van der Waals surface area contributed by atoms with Gasteiger partial charge in [0.25, 0.3) is 0 Å². The molecule has 104 valence electrons. The first-order chi connectivity index (χ1) is 9.63. The van der Waals surface area contributed by atoms with Crippen LogP contribution in [0.1, 0.15) is 10.4 Å². The first-order valence-corrected chi connectivity index (χ1v) is 6.98. The summed E-state index contributed by atoms with van der Waals surface area (Å²) in [6.45, 7) is 0. The van der Waals surface area contributed by atoms with Crippen molar-refractivity contribution >= 4 is 33.5 Å². The number of benzene rings is 1. The van der Waals surface area contributed by atoms with Crippen LogP contribution in [0.25, 0.3) is 5.69 Å². The lowest BCUT2D eigenvalue weighted by molar-refractivity contribution is -0.113. The summed E-state index contributed by atoms with van der Waals surface area (Å²) in [5.74, 6) is -0.640. The van der Waals surface area contributed by atoms with E-state index in [4.69, 9.17) is 4.74 Å². The number of carbonyl (C=O) groups is 2. The molecule has 0 bridgehead atoms. The van der Waals surface area contributed by atoms with E-state index in [1.165, 1.54) is 7.11 Å². The molecule has 0 saturated heterocycles. The van der Waals surface area contributed by atoms with E-state index in [0.29, 0.717) is 11.3 Å². The van der Waals surface area contributed by atoms with Crippen LogP contribution in [0, 0.1) is 0 Å². The van der Waals surface area contributed by atoms with Gasteiger partial charge in [-0.05, 0) is 30.3 Å². The van der Waals surface area contributed by atoms with Crippen LogP contribution in [0.5, 0.6) is 0 Å². The number of anilines is 1. The lowest BCUT2D eigenvalue weighted by Gasteiger charge is -2.10. The van der Waals surface area contributed by atoms with Gasteiger partial charge in [-0.1, -0.05) is 15.9 Å². The van der Waals surface area contributed by atoms with Crippen molar-refractivity contribution in [2.24, 2.45) is 0 Å². The van der Waals surface area contributed by atoms with Gasteiger partial charge < -0.3 is 14.6 Å². The maximum Gasteiger partial charge on any atom is 0.337 e. The first kappa shape index (κ1) is 14.3. The summed E-state index contributed by atoms with van der Waals surface area (Å²) in [6, 6.07) is 8.82. The molecule has 2 rings (SSSR count). The van der Waals surface area contributed by atoms with Gasteiger partial charge in [-0.3, -0.25) is 4.79 Å². The molecule has 0 aliphatic rings. The number of methoxy groups -OCH3 is 1. The van der Waals surface area contributed by atoms with Crippen LogP contribution in [0.2, 0.25) is 0 Å². The third-order valence-corrected chi connectivity index (χ3v) is 3.16. The van der Waals surface area contributed by atoms with E-state index < -0.39 is 5.97 Å². The second-order valence-corrected chi connectivity index (χ2v) is 4.59. The monoisotopic (exact) mass is 336 g/mol. The Morgan fingerprint density at radius 3 is 2.55 bits per heavy atom. The fourth-order valence-corrected chi connectivity index (χ4v) is 1.91. The maximum atomic E-state index is 11.7. The van der Waals surface area contributed by atoms with E-state index in [-0.39, 0.29) is 11.2 Å². The fourth-order valence-electron chi connectivity index (χ4n) is 1.77. The molecule has 20 heavy (non-hydrogen) atoms. The predicted molar refractivity (Wildman–Crippen MR) is 79.5 cm³/mol. The molecule has 0 aliphatic heterocycles. The Labute approximate surface area is 124 Å². The minimum atomic E-state index is -0.451. The number of amides is 1. The van der Waals surface area contributed by atoms with Gasteiger partial charge in [0, 0.05) is 23.8 Å². The number of nitrogens with zero attached hydrogens (tertiary/aromatic N) is 1. The third kappa shape index (κ3) is 3.27. The summed E-state index contributed by atoms with van der Waals surface area (Å²) in [5, 5.41) is 2.90. The highest BCUT2D eigenvalue weighted by Crippen LogP contribution is 2.19. The molecule has 1 aromatic carbocycles. The van der Waals surface area contributed by atoms with Crippen molar-refractivity contribution in [3.05, 3.63) is 48.3 Å². The molecule has 2 aromatic rings. The predicted octanol–water partition coefficient (Wildman–Crippen LogP) is 2.60. The van der Waals surface area contributed by atoms with Gasteiger partial charge in [0.15, 0.2) is 0 Å². The van der Waals surface area contributed by atoms with Crippen LogP contribution in [-0.4, -0.2) is 28.9 Å². The number of carbonyl (C=O) groups excluding carboxylic acids is 2. The number of hydrogen-bond donors (Lipinski definition) is 1. The maximum absolute atomic E-state index is 11.7. The van der Waals surface area contributed by atoms with Crippen LogP contribution >= 0.6 is 15.9 Å². The molecular formula is C14H13BrN2O3. The molecule has 0 atom stereocenters. The normalized spacial score (nSPS) is 10.1. The van der Waals surface area contributed by atoms with E-state index in [2.05, 4.69) is 21.2 Å². The molecule has 6 heteroatoms. The van der Waals surface area contributed by atoms with Crippen molar-refractivity contribution in [3.8, 4) is 5.69 Å². The largest absolute Gasteiger partial charge is 0.465 e. The topological polar surface area (TPSA) is 60.3 Å². The standard InChI is InChI=1S/C14H13BrN2O3/c1-20-14(19)10-6-11(16-13(18)9-15)8-12(7-10)17-4-2-3-5-17/h2-8H,9H2,1H3,(H,16,18). The number of halogens is 1. The average molecular weight is 337 g/mol. The van der Waals surface area contributed by atoms with Crippen LogP contribution in [0.4, 0.5) is 5.69 Å². The Bertz CT molecular complexity index is 623. The van der Waals surface area contributed by atoms with Crippen molar-refractivity contribution in [3.63, 3.8) is 0 Å². The molecule has 1 N–H and O–H groups in total. The highest BCUT2D eigenvalue weighted by molar-refractivity contribution is 9.09. The zero-order valence-corrected chi connectivity index (χ0v) is 12.4. The number of rotatable bonds is 4. The number of ether oxygens (including phenoxy) is 1. The minimum absolute atomic E-state index is 0.189. The lowest BCUT2D eigenvalue weighted by Crippen LogP contribution is -2.13. The zero-order valence-electron chi connectivity index (χ0n) is 10.8. The Hall–Kier alpha value is -2.08. The number of nitrogens with one attached hydrogen (secondary N) is 1. The number of esters is 1. The van der Waals surface area contributed by atoms with E-state index >= 15 is 0 Å². The molecule has 5 nitrogen and oxygen atoms in total. The van der Waals surface area contributed by atoms with E-state index in [0.717, 1.165) is 5.69 Å². The van der Waals surface area contributed by atoms with Crippen LogP contribution < -0.4 is 5.32 Å². The SMILES string of the molecule is COC(=O)c1cc(NC(=O)CBr)cc(-n2cccc2)c1. The first-order valence-electron chi connectivity index (χ1n) is 5.86. The molecule has 0 unspecified atom stereocenters. The van der Waals surface area contributed by atoms with Gasteiger partial charge in [0.05, 0.1) is 18.0 Å². The van der Waals surface area contributed by atoms with Gasteiger partial charge in [0.1, 0.15) is 0 Å². The van der Waals surface area contributed by atoms with Crippen molar-refractivity contribution in [2.75, 3.05) is 17.8 Å². The second kappa shape index (κ2) is 6.38. The average Bonchev–Trinajstić information content (AvgIpc) is 3.00. The van der Waals surface area contributed by atoms with Gasteiger partial charge >= 0.3 is 5.97 Å². The molecule has 1 heterocycles. The molecule has 0 radical (unpaired) electrons. The van der Waals surface area contributed by atoms with Gasteiger partial charge in [-0.15, -0.1) is 0 Å². The highest BCUT2D eigenvalue weighted by atomic mass is 79.9. The van der Waals surface area contributed by atoms with Gasteiger partial charge in [0.2, 0.25) is 5.91 Å². The highest BCUT2D eigenvalue weighted by Gasteiger charge is 2.11. The second-order valence-electron chi connectivity index (χ2n) is 4.03.